The number of halogens is 5. The number of esters is 1. The second-order valence-electron chi connectivity index (χ2n) is 9.91. The number of ether oxygens (including phenoxy) is 3. The summed E-state index contributed by atoms with van der Waals surface area (Å²) in [7, 11) is -2.36. The number of imidazole rings is 1. The standard InChI is InChI=1S/C29H24F5N3O7S/c1-3-45(40,41)19-10-7-16(8-11-19)20(14-24(38)42-2)35-26(39)17-9-12-22-21(13-17)36-27(28(30,31)32)37(22)15-18-5-4-6-23-25(18)44-29(33,34)43-23/h4-13,20H,3,14-15H2,1-2H3,(H,35,39)/t20-/m0/s1. The smallest absolute Gasteiger partial charge is 0.469 e. The van der Waals surface area contributed by atoms with E-state index >= 15 is 0 Å². The number of para-hydroxylation sites is 1. The first kappa shape index (κ1) is 31.7. The van der Waals surface area contributed by atoms with E-state index < -0.39 is 58.3 Å². The Morgan fingerprint density at radius 3 is 2.42 bits per heavy atom. The minimum absolute atomic E-state index is 0.0281. The van der Waals surface area contributed by atoms with Gasteiger partial charge in [0.05, 0.1) is 47.8 Å². The van der Waals surface area contributed by atoms with Crippen LogP contribution < -0.4 is 14.8 Å². The van der Waals surface area contributed by atoms with Crippen molar-refractivity contribution in [2.75, 3.05) is 12.9 Å². The highest BCUT2D eigenvalue weighted by Gasteiger charge is 2.45. The number of hydrogen-bond donors (Lipinski definition) is 1. The van der Waals surface area contributed by atoms with Crippen molar-refractivity contribution in [2.45, 2.75) is 43.3 Å². The van der Waals surface area contributed by atoms with Crippen molar-refractivity contribution in [3.63, 3.8) is 0 Å². The van der Waals surface area contributed by atoms with Crippen LogP contribution in [0, 0.1) is 0 Å². The lowest BCUT2D eigenvalue weighted by atomic mass is 10.0. The molecule has 1 atom stereocenters. The molecule has 4 aromatic rings. The monoisotopic (exact) mass is 653 g/mol. The summed E-state index contributed by atoms with van der Waals surface area (Å²) >= 11 is 0. The van der Waals surface area contributed by atoms with Gasteiger partial charge < -0.3 is 24.1 Å². The molecule has 0 fully saturated rings. The summed E-state index contributed by atoms with van der Waals surface area (Å²) in [4.78, 5) is 29.1. The van der Waals surface area contributed by atoms with E-state index in [9.17, 15) is 40.0 Å². The zero-order chi connectivity index (χ0) is 32.7. The number of carbonyl (C=O) groups is 2. The summed E-state index contributed by atoms with van der Waals surface area (Å²) in [6.45, 7) is 0.920. The van der Waals surface area contributed by atoms with Gasteiger partial charge >= 0.3 is 18.4 Å². The van der Waals surface area contributed by atoms with Crippen molar-refractivity contribution in [3.8, 4) is 11.5 Å². The lowest BCUT2D eigenvalue weighted by Gasteiger charge is -2.19. The Balaban J connectivity index is 1.47. The lowest BCUT2D eigenvalue weighted by molar-refractivity contribution is -0.287. The number of hydrogen-bond acceptors (Lipinski definition) is 8. The van der Waals surface area contributed by atoms with Gasteiger partial charge in [-0.05, 0) is 42.0 Å². The van der Waals surface area contributed by atoms with E-state index in [1.54, 1.807) is 0 Å². The van der Waals surface area contributed by atoms with Gasteiger partial charge in [-0.1, -0.05) is 31.2 Å². The highest BCUT2D eigenvalue weighted by Crippen LogP contribution is 2.44. The first-order chi connectivity index (χ1) is 21.1. The molecule has 0 aliphatic carbocycles. The number of benzene rings is 3. The summed E-state index contributed by atoms with van der Waals surface area (Å²) in [6, 6.07) is 12.0. The molecule has 0 radical (unpaired) electrons. The minimum Gasteiger partial charge on any atom is -0.469 e. The molecule has 0 unspecified atom stereocenters. The average molecular weight is 654 g/mol. The number of nitrogens with zero attached hydrogens (tertiary/aromatic N) is 2. The number of sulfone groups is 1. The van der Waals surface area contributed by atoms with Crippen LogP contribution in [0.3, 0.4) is 0 Å². The molecule has 10 nitrogen and oxygen atoms in total. The van der Waals surface area contributed by atoms with E-state index in [1.165, 1.54) is 61.5 Å². The zero-order valence-corrected chi connectivity index (χ0v) is 24.3. The molecule has 1 N–H and O–H groups in total. The average Bonchev–Trinajstić information content (AvgIpc) is 3.52. The molecule has 3 aromatic carbocycles. The third-order valence-corrected chi connectivity index (χ3v) is 8.78. The largest absolute Gasteiger partial charge is 0.586 e. The topological polar surface area (TPSA) is 126 Å². The lowest BCUT2D eigenvalue weighted by Crippen LogP contribution is -2.30. The number of nitrogens with one attached hydrogen (secondary N) is 1. The molecule has 1 aliphatic heterocycles. The quantitative estimate of drug-likeness (QED) is 0.192. The molecule has 238 valence electrons. The highest BCUT2D eigenvalue weighted by atomic mass is 32.2. The van der Waals surface area contributed by atoms with E-state index in [-0.39, 0.29) is 45.0 Å². The minimum atomic E-state index is -4.95. The Kier molecular flexibility index (Phi) is 8.20. The maximum absolute atomic E-state index is 14.1. The molecule has 0 saturated heterocycles. The molecule has 0 bridgehead atoms. The van der Waals surface area contributed by atoms with Gasteiger partial charge in [-0.25, -0.2) is 13.4 Å². The van der Waals surface area contributed by atoms with Crippen LogP contribution in [-0.2, 0) is 32.1 Å². The normalized spacial score (nSPS) is 14.7. The maximum atomic E-state index is 14.1. The highest BCUT2D eigenvalue weighted by molar-refractivity contribution is 7.91. The SMILES string of the molecule is CCS(=O)(=O)c1ccc([C@H](CC(=O)OC)NC(=O)c2ccc3c(c2)nc(C(F)(F)F)n3Cc2cccc3c2OC(F)(F)O3)cc1. The Labute approximate surface area is 252 Å². The molecule has 0 saturated carbocycles. The Bertz CT molecular complexity index is 1890. The fraction of sp³-hybridized carbons (Fsp3) is 0.276. The van der Waals surface area contributed by atoms with Crippen LogP contribution in [0.1, 0.15) is 46.7 Å². The van der Waals surface area contributed by atoms with E-state index in [1.807, 2.05) is 0 Å². The van der Waals surface area contributed by atoms with Crippen LogP contribution in [0.4, 0.5) is 22.0 Å². The number of alkyl halides is 5. The van der Waals surface area contributed by atoms with Crippen molar-refractivity contribution in [1.82, 2.24) is 14.9 Å². The van der Waals surface area contributed by atoms with Gasteiger partial charge in [0.2, 0.25) is 5.82 Å². The summed E-state index contributed by atoms with van der Waals surface area (Å²) in [5.74, 6) is -3.68. The number of carbonyl (C=O) groups excluding carboxylic acids is 2. The summed E-state index contributed by atoms with van der Waals surface area (Å²) in [6.07, 6.45) is -9.27. The Morgan fingerprint density at radius 2 is 1.78 bits per heavy atom. The zero-order valence-electron chi connectivity index (χ0n) is 23.5. The van der Waals surface area contributed by atoms with Crippen molar-refractivity contribution >= 4 is 32.7 Å². The van der Waals surface area contributed by atoms with Crippen LogP contribution in [-0.4, -0.2) is 49.0 Å². The summed E-state index contributed by atoms with van der Waals surface area (Å²) in [5.41, 5.74) is -0.0250. The molecule has 1 aliphatic rings. The predicted molar refractivity (Wildman–Crippen MR) is 147 cm³/mol. The van der Waals surface area contributed by atoms with Gasteiger partial charge in [0, 0.05) is 11.1 Å². The van der Waals surface area contributed by atoms with E-state index in [4.69, 9.17) is 4.74 Å². The van der Waals surface area contributed by atoms with Gasteiger partial charge in [-0.3, -0.25) is 9.59 Å². The number of aromatic nitrogens is 2. The van der Waals surface area contributed by atoms with E-state index in [0.717, 1.165) is 17.7 Å². The number of methoxy groups -OCH3 is 1. The molecule has 0 spiro atoms. The molecule has 16 heteroatoms. The second kappa shape index (κ2) is 11.6. The summed E-state index contributed by atoms with van der Waals surface area (Å²) in [5, 5.41) is 2.63. The van der Waals surface area contributed by atoms with Crippen LogP contribution in [0.15, 0.2) is 65.6 Å². The molecule has 45 heavy (non-hydrogen) atoms. The number of amides is 1. The van der Waals surface area contributed by atoms with Crippen molar-refractivity contribution in [1.29, 1.82) is 0 Å². The van der Waals surface area contributed by atoms with Crippen LogP contribution in [0.25, 0.3) is 11.0 Å². The molecule has 5 rings (SSSR count). The maximum Gasteiger partial charge on any atom is 0.586 e. The first-order valence-electron chi connectivity index (χ1n) is 13.3. The van der Waals surface area contributed by atoms with E-state index in [0.29, 0.717) is 5.56 Å². The van der Waals surface area contributed by atoms with Gasteiger partial charge in [0.25, 0.3) is 5.91 Å². The van der Waals surface area contributed by atoms with E-state index in [2.05, 4.69) is 19.8 Å². The molecule has 1 aromatic heterocycles. The Morgan fingerprint density at radius 1 is 1.07 bits per heavy atom. The second-order valence-corrected chi connectivity index (χ2v) is 12.2. The molecular formula is C29H24F5N3O7S. The molecular weight excluding hydrogens is 629 g/mol. The van der Waals surface area contributed by atoms with Gasteiger partial charge in [-0.2, -0.15) is 13.2 Å². The van der Waals surface area contributed by atoms with Crippen LogP contribution >= 0.6 is 0 Å². The van der Waals surface area contributed by atoms with Crippen molar-refractivity contribution < 1.29 is 54.2 Å². The fourth-order valence-electron chi connectivity index (χ4n) is 4.79. The van der Waals surface area contributed by atoms with Crippen molar-refractivity contribution in [2.24, 2.45) is 0 Å². The third-order valence-electron chi connectivity index (χ3n) is 7.03. The van der Waals surface area contributed by atoms with Crippen LogP contribution in [0.2, 0.25) is 0 Å². The fourth-order valence-corrected chi connectivity index (χ4v) is 5.67. The molecule has 1 amide bonds. The summed E-state index contributed by atoms with van der Waals surface area (Å²) < 4.78 is 108. The van der Waals surface area contributed by atoms with Crippen molar-refractivity contribution in [3.05, 3.63) is 83.2 Å². The Hall–Kier alpha value is -4.73. The van der Waals surface area contributed by atoms with Gasteiger partial charge in [0.1, 0.15) is 0 Å². The third kappa shape index (κ3) is 6.55. The van der Waals surface area contributed by atoms with Crippen LogP contribution in [0.5, 0.6) is 11.5 Å². The van der Waals surface area contributed by atoms with Gasteiger partial charge in [0.15, 0.2) is 21.3 Å². The predicted octanol–water partition coefficient (Wildman–Crippen LogP) is 5.25. The van der Waals surface area contributed by atoms with Gasteiger partial charge in [-0.15, -0.1) is 8.78 Å². The number of fused-ring (bicyclic) bond motifs is 2. The molecule has 2 heterocycles. The number of rotatable bonds is 9. The first-order valence-corrected chi connectivity index (χ1v) is 14.9.